The molecule has 0 saturated carbocycles. The fourth-order valence-corrected chi connectivity index (χ4v) is 2.82. The van der Waals surface area contributed by atoms with Crippen LogP contribution in [0.5, 0.6) is 0 Å². The van der Waals surface area contributed by atoms with Gasteiger partial charge < -0.3 is 9.88 Å². The molecule has 0 aliphatic carbocycles. The number of H-pyrrole nitrogens is 1. The fourth-order valence-electron chi connectivity index (χ4n) is 2.19. The summed E-state index contributed by atoms with van der Waals surface area (Å²) in [6.07, 6.45) is 2.47. The van der Waals surface area contributed by atoms with Gasteiger partial charge in [-0.05, 0) is 31.0 Å². The number of rotatable bonds is 1. The molecule has 2 heterocycles. The Balaban J connectivity index is 2.18. The van der Waals surface area contributed by atoms with Gasteiger partial charge in [0.15, 0.2) is 0 Å². The highest BCUT2D eigenvalue weighted by Crippen LogP contribution is 2.22. The van der Waals surface area contributed by atoms with E-state index in [0.29, 0.717) is 4.64 Å². The van der Waals surface area contributed by atoms with Gasteiger partial charge in [0.05, 0.1) is 5.52 Å². The molecule has 1 fully saturated rings. The number of benzene rings is 1. The topological polar surface area (TPSA) is 31.9 Å². The number of hydrogen-bond donors (Lipinski definition) is 1. The summed E-state index contributed by atoms with van der Waals surface area (Å²) >= 11 is 8.82. The lowest BCUT2D eigenvalue weighted by molar-refractivity contribution is 0.905. The second-order valence-corrected chi connectivity index (χ2v) is 5.55. The molecule has 5 heteroatoms. The zero-order chi connectivity index (χ0) is 11.8. The molecule has 1 N–H and O–H groups in total. The molecule has 17 heavy (non-hydrogen) atoms. The molecule has 3 nitrogen and oxygen atoms in total. The first-order chi connectivity index (χ1) is 8.24. The maximum Gasteiger partial charge on any atom is 0.204 e. The number of nitrogens with one attached hydrogen (secondary N) is 1. The summed E-state index contributed by atoms with van der Waals surface area (Å²) in [6.45, 7) is 2.13. The molecule has 1 aliphatic rings. The van der Waals surface area contributed by atoms with Crippen LogP contribution in [0.3, 0.4) is 0 Å². The minimum Gasteiger partial charge on any atom is -0.342 e. The summed E-state index contributed by atoms with van der Waals surface area (Å²) in [6, 6.07) is 6.04. The van der Waals surface area contributed by atoms with E-state index in [1.54, 1.807) is 0 Å². The van der Waals surface area contributed by atoms with Gasteiger partial charge in [-0.3, -0.25) is 0 Å². The second-order valence-electron chi connectivity index (χ2n) is 4.25. The maximum absolute atomic E-state index is 5.35. The molecule has 0 amide bonds. The Morgan fingerprint density at radius 1 is 1.29 bits per heavy atom. The van der Waals surface area contributed by atoms with Crippen LogP contribution in [-0.4, -0.2) is 23.1 Å². The third-order valence-corrected chi connectivity index (χ3v) is 3.88. The van der Waals surface area contributed by atoms with Crippen LogP contribution in [-0.2, 0) is 0 Å². The molecule has 1 aromatic carbocycles. The minimum absolute atomic E-state index is 0.674. The van der Waals surface area contributed by atoms with Crippen molar-refractivity contribution in [2.24, 2.45) is 0 Å². The SMILES string of the molecule is S=c1nc(N2CCCC2)[nH]c2cc(Br)ccc12. The highest BCUT2D eigenvalue weighted by Gasteiger charge is 2.14. The minimum atomic E-state index is 0.674. The van der Waals surface area contributed by atoms with E-state index in [9.17, 15) is 0 Å². The quantitative estimate of drug-likeness (QED) is 0.816. The average molecular weight is 310 g/mol. The van der Waals surface area contributed by atoms with Crippen LogP contribution in [0.25, 0.3) is 10.9 Å². The Kier molecular flexibility index (Phi) is 2.88. The van der Waals surface area contributed by atoms with Crippen molar-refractivity contribution in [2.45, 2.75) is 12.8 Å². The zero-order valence-corrected chi connectivity index (χ0v) is 11.6. The van der Waals surface area contributed by atoms with Gasteiger partial charge in [-0.15, -0.1) is 0 Å². The van der Waals surface area contributed by atoms with Crippen LogP contribution >= 0.6 is 28.1 Å². The van der Waals surface area contributed by atoms with Gasteiger partial charge in [-0.2, -0.15) is 0 Å². The summed E-state index contributed by atoms with van der Waals surface area (Å²) in [5, 5.41) is 1.01. The molecule has 1 aliphatic heterocycles. The van der Waals surface area contributed by atoms with E-state index < -0.39 is 0 Å². The van der Waals surface area contributed by atoms with Gasteiger partial charge in [-0.1, -0.05) is 28.1 Å². The van der Waals surface area contributed by atoms with E-state index in [4.69, 9.17) is 12.2 Å². The summed E-state index contributed by atoms with van der Waals surface area (Å²) < 4.78 is 1.72. The molecule has 0 radical (unpaired) electrons. The Hall–Kier alpha value is -0.940. The van der Waals surface area contributed by atoms with E-state index in [2.05, 4.69) is 30.8 Å². The summed E-state index contributed by atoms with van der Waals surface area (Å²) in [4.78, 5) is 10.1. The van der Waals surface area contributed by atoms with Gasteiger partial charge in [0.25, 0.3) is 0 Å². The van der Waals surface area contributed by atoms with Crippen molar-refractivity contribution >= 4 is 45.0 Å². The van der Waals surface area contributed by atoms with Crippen molar-refractivity contribution in [3.05, 3.63) is 27.3 Å². The molecular formula is C12H12BrN3S. The summed E-state index contributed by atoms with van der Waals surface area (Å²) in [5.74, 6) is 0.901. The molecule has 88 valence electrons. The summed E-state index contributed by atoms with van der Waals surface area (Å²) in [7, 11) is 0. The van der Waals surface area contributed by atoms with Crippen LogP contribution in [0.1, 0.15) is 12.8 Å². The third kappa shape index (κ3) is 2.09. The van der Waals surface area contributed by atoms with Gasteiger partial charge in [0.2, 0.25) is 5.95 Å². The first-order valence-electron chi connectivity index (χ1n) is 5.68. The van der Waals surface area contributed by atoms with Gasteiger partial charge in [-0.25, -0.2) is 4.98 Å². The molecule has 3 rings (SSSR count). The largest absolute Gasteiger partial charge is 0.342 e. The third-order valence-electron chi connectivity index (χ3n) is 3.07. The lowest BCUT2D eigenvalue weighted by Crippen LogP contribution is -2.20. The van der Waals surface area contributed by atoms with E-state index >= 15 is 0 Å². The number of nitrogens with zero attached hydrogens (tertiary/aromatic N) is 2. The Bertz CT molecular complexity index is 617. The highest BCUT2D eigenvalue weighted by molar-refractivity contribution is 9.10. The Labute approximate surface area is 113 Å². The van der Waals surface area contributed by atoms with Gasteiger partial charge in [0, 0.05) is 22.9 Å². The van der Waals surface area contributed by atoms with E-state index in [1.165, 1.54) is 12.8 Å². The number of hydrogen-bond acceptors (Lipinski definition) is 3. The van der Waals surface area contributed by atoms with E-state index in [-0.39, 0.29) is 0 Å². The second kappa shape index (κ2) is 4.38. The lowest BCUT2D eigenvalue weighted by atomic mass is 10.2. The van der Waals surface area contributed by atoms with Crippen LogP contribution in [0.2, 0.25) is 0 Å². The highest BCUT2D eigenvalue weighted by atomic mass is 79.9. The molecule has 1 aromatic heterocycles. The molecule has 0 unspecified atom stereocenters. The van der Waals surface area contributed by atoms with Gasteiger partial charge in [0.1, 0.15) is 4.64 Å². The number of anilines is 1. The smallest absolute Gasteiger partial charge is 0.204 e. The predicted molar refractivity (Wildman–Crippen MR) is 76.1 cm³/mol. The average Bonchev–Trinajstić information content (AvgIpc) is 2.81. The molecule has 1 saturated heterocycles. The van der Waals surface area contributed by atoms with Crippen molar-refractivity contribution in [2.75, 3.05) is 18.0 Å². The van der Waals surface area contributed by atoms with Crippen LogP contribution < -0.4 is 4.90 Å². The molecular weight excluding hydrogens is 298 g/mol. The predicted octanol–water partition coefficient (Wildman–Crippen LogP) is 3.66. The van der Waals surface area contributed by atoms with Crippen molar-refractivity contribution in [1.29, 1.82) is 0 Å². The van der Waals surface area contributed by atoms with E-state index in [0.717, 1.165) is 34.4 Å². The number of aromatic amines is 1. The first kappa shape index (κ1) is 11.2. The van der Waals surface area contributed by atoms with Crippen LogP contribution in [0, 0.1) is 4.64 Å². The normalized spacial score (nSPS) is 15.7. The lowest BCUT2D eigenvalue weighted by Gasteiger charge is -2.16. The van der Waals surface area contributed by atoms with Crippen LogP contribution in [0.4, 0.5) is 5.95 Å². The first-order valence-corrected chi connectivity index (χ1v) is 6.89. The van der Waals surface area contributed by atoms with Gasteiger partial charge >= 0.3 is 0 Å². The Morgan fingerprint density at radius 2 is 2.06 bits per heavy atom. The molecule has 0 spiro atoms. The van der Waals surface area contributed by atoms with E-state index in [1.807, 2.05) is 18.2 Å². The van der Waals surface area contributed by atoms with Crippen LogP contribution in [0.15, 0.2) is 22.7 Å². The fraction of sp³-hybridized carbons (Fsp3) is 0.333. The molecule has 2 aromatic rings. The maximum atomic E-state index is 5.35. The summed E-state index contributed by atoms with van der Waals surface area (Å²) in [5.41, 5.74) is 1.04. The Morgan fingerprint density at radius 3 is 2.82 bits per heavy atom. The number of fused-ring (bicyclic) bond motifs is 1. The van der Waals surface area contributed by atoms with Crippen molar-refractivity contribution in [1.82, 2.24) is 9.97 Å². The van der Waals surface area contributed by atoms with Crippen molar-refractivity contribution in [3.63, 3.8) is 0 Å². The molecule has 0 bridgehead atoms. The molecule has 0 atom stereocenters. The number of aromatic nitrogens is 2. The van der Waals surface area contributed by atoms with Crippen molar-refractivity contribution < 1.29 is 0 Å². The number of halogens is 1. The monoisotopic (exact) mass is 309 g/mol. The zero-order valence-electron chi connectivity index (χ0n) is 9.24. The van der Waals surface area contributed by atoms with Crippen molar-refractivity contribution in [3.8, 4) is 0 Å². The standard InChI is InChI=1S/C12H12BrN3S/c13-8-3-4-9-10(7-8)14-12(15-11(9)17)16-5-1-2-6-16/h3-4,7H,1-2,5-6H2,(H,14,15,17).